The van der Waals surface area contributed by atoms with Crippen LogP contribution in [0, 0.1) is 0 Å². The van der Waals surface area contributed by atoms with E-state index in [1.165, 1.54) is 17.7 Å². The number of thioether (sulfide) groups is 1. The van der Waals surface area contributed by atoms with Crippen LogP contribution in [-0.2, 0) is 16.0 Å². The predicted molar refractivity (Wildman–Crippen MR) is 122 cm³/mol. The van der Waals surface area contributed by atoms with Gasteiger partial charge in [-0.3, -0.25) is 9.59 Å². The van der Waals surface area contributed by atoms with Crippen LogP contribution in [0.15, 0.2) is 53.4 Å². The number of amides is 2. The molecule has 0 unspecified atom stereocenters. The van der Waals surface area contributed by atoms with Crippen LogP contribution in [-0.4, -0.2) is 42.7 Å². The normalized spacial score (nSPS) is 13.8. The van der Waals surface area contributed by atoms with E-state index >= 15 is 0 Å². The highest BCUT2D eigenvalue weighted by molar-refractivity contribution is 7.98. The fraction of sp³-hybridized carbons (Fsp3) is 0.417. The summed E-state index contributed by atoms with van der Waals surface area (Å²) in [6.45, 7) is 0.0341. The summed E-state index contributed by atoms with van der Waals surface area (Å²) in [5, 5.41) is 2.89. The maximum atomic E-state index is 12.5. The molecule has 2 aromatic rings. The zero-order valence-corrected chi connectivity index (χ0v) is 18.5. The molecule has 3 rings (SSSR count). The van der Waals surface area contributed by atoms with Crippen molar-refractivity contribution in [3.8, 4) is 5.75 Å². The molecular formula is C24H30N2O3S. The summed E-state index contributed by atoms with van der Waals surface area (Å²) < 4.78 is 6.05. The number of aryl methyl sites for hydroxylation is 1. The lowest BCUT2D eigenvalue weighted by Gasteiger charge is -2.18. The molecule has 0 aliphatic heterocycles. The van der Waals surface area contributed by atoms with Crippen LogP contribution in [0.5, 0.6) is 5.75 Å². The molecule has 0 heterocycles. The van der Waals surface area contributed by atoms with E-state index in [2.05, 4.69) is 5.32 Å². The summed E-state index contributed by atoms with van der Waals surface area (Å²) >= 11 is 1.57. The van der Waals surface area contributed by atoms with E-state index in [0.717, 1.165) is 34.7 Å². The van der Waals surface area contributed by atoms with Gasteiger partial charge in [-0.05, 0) is 68.2 Å². The molecule has 0 bridgehead atoms. The van der Waals surface area contributed by atoms with Crippen molar-refractivity contribution < 1.29 is 14.3 Å². The van der Waals surface area contributed by atoms with Gasteiger partial charge in [0.15, 0.2) is 0 Å². The Bertz CT molecular complexity index is 865. The van der Waals surface area contributed by atoms with Crippen LogP contribution in [0.1, 0.15) is 37.7 Å². The maximum Gasteiger partial charge on any atom is 0.244 e. The zero-order chi connectivity index (χ0) is 21.3. The van der Waals surface area contributed by atoms with Crippen molar-refractivity contribution in [2.45, 2.75) is 49.5 Å². The summed E-state index contributed by atoms with van der Waals surface area (Å²) in [6.07, 6.45) is 7.99. The fourth-order valence-electron chi connectivity index (χ4n) is 3.66. The van der Waals surface area contributed by atoms with E-state index in [1.807, 2.05) is 54.8 Å². The molecule has 0 radical (unpaired) electrons. The summed E-state index contributed by atoms with van der Waals surface area (Å²) in [4.78, 5) is 27.3. The Kier molecular flexibility index (Phi) is 8.20. The first-order valence-electron chi connectivity index (χ1n) is 10.5. The molecule has 1 fully saturated rings. The van der Waals surface area contributed by atoms with E-state index in [4.69, 9.17) is 4.74 Å². The van der Waals surface area contributed by atoms with Crippen molar-refractivity contribution in [1.82, 2.24) is 4.90 Å². The van der Waals surface area contributed by atoms with Crippen LogP contribution < -0.4 is 10.1 Å². The summed E-state index contributed by atoms with van der Waals surface area (Å²) in [7, 11) is 1.67. The number of likely N-dealkylation sites (N-methyl/N-ethyl adjacent to an activating group) is 1. The third-order valence-corrected chi connectivity index (χ3v) is 6.11. The van der Waals surface area contributed by atoms with E-state index in [-0.39, 0.29) is 18.4 Å². The van der Waals surface area contributed by atoms with Crippen molar-refractivity contribution in [3.05, 3.63) is 54.1 Å². The number of benzene rings is 2. The number of carbonyl (C=O) groups excluding carboxylic acids is 2. The lowest BCUT2D eigenvalue weighted by Crippen LogP contribution is -2.35. The Balaban J connectivity index is 1.46. The lowest BCUT2D eigenvalue weighted by molar-refractivity contribution is -0.133. The van der Waals surface area contributed by atoms with E-state index in [9.17, 15) is 9.59 Å². The zero-order valence-electron chi connectivity index (χ0n) is 17.7. The number of hydrogen-bond acceptors (Lipinski definition) is 4. The van der Waals surface area contributed by atoms with Crippen molar-refractivity contribution in [3.63, 3.8) is 0 Å². The van der Waals surface area contributed by atoms with Crippen LogP contribution >= 0.6 is 11.8 Å². The van der Waals surface area contributed by atoms with Gasteiger partial charge in [0.05, 0.1) is 18.3 Å². The summed E-state index contributed by atoms with van der Waals surface area (Å²) in [6, 6.07) is 15.6. The molecule has 1 aliphatic carbocycles. The van der Waals surface area contributed by atoms with Crippen molar-refractivity contribution in [2.75, 3.05) is 25.2 Å². The molecule has 0 aromatic heterocycles. The topological polar surface area (TPSA) is 58.6 Å². The summed E-state index contributed by atoms with van der Waals surface area (Å²) in [5.41, 5.74) is 1.85. The number of para-hydroxylation sites is 1. The molecule has 0 atom stereocenters. The number of ether oxygens (including phenoxy) is 1. The number of nitrogens with zero attached hydrogens (tertiary/aromatic N) is 1. The Morgan fingerprint density at radius 2 is 1.90 bits per heavy atom. The van der Waals surface area contributed by atoms with Crippen LogP contribution in [0.2, 0.25) is 0 Å². The second-order valence-electron chi connectivity index (χ2n) is 7.67. The van der Waals surface area contributed by atoms with Crippen LogP contribution in [0.25, 0.3) is 0 Å². The van der Waals surface area contributed by atoms with Gasteiger partial charge in [-0.1, -0.05) is 24.3 Å². The van der Waals surface area contributed by atoms with Gasteiger partial charge < -0.3 is 15.0 Å². The van der Waals surface area contributed by atoms with Gasteiger partial charge in [-0.15, -0.1) is 11.8 Å². The molecule has 0 spiro atoms. The van der Waals surface area contributed by atoms with Crippen LogP contribution in [0.3, 0.4) is 0 Å². The minimum atomic E-state index is -0.195. The monoisotopic (exact) mass is 426 g/mol. The third-order valence-electron chi connectivity index (χ3n) is 5.32. The fourth-order valence-corrected chi connectivity index (χ4v) is 4.21. The number of rotatable bonds is 9. The van der Waals surface area contributed by atoms with E-state index < -0.39 is 0 Å². The van der Waals surface area contributed by atoms with Crippen molar-refractivity contribution in [1.29, 1.82) is 0 Å². The second-order valence-corrected chi connectivity index (χ2v) is 8.52. The minimum absolute atomic E-state index is 0.0341. The Morgan fingerprint density at radius 3 is 2.67 bits per heavy atom. The highest BCUT2D eigenvalue weighted by Gasteiger charge is 2.17. The molecule has 30 heavy (non-hydrogen) atoms. The average Bonchev–Trinajstić information content (AvgIpc) is 3.25. The second kappa shape index (κ2) is 11.1. The van der Waals surface area contributed by atoms with Gasteiger partial charge in [0, 0.05) is 18.4 Å². The van der Waals surface area contributed by atoms with Gasteiger partial charge in [-0.25, -0.2) is 0 Å². The summed E-state index contributed by atoms with van der Waals surface area (Å²) in [5.74, 6) is 0.636. The molecular weight excluding hydrogens is 396 g/mol. The predicted octanol–water partition coefficient (Wildman–Crippen LogP) is 4.76. The first-order valence-corrected chi connectivity index (χ1v) is 11.7. The van der Waals surface area contributed by atoms with Gasteiger partial charge in [0.25, 0.3) is 0 Å². The highest BCUT2D eigenvalue weighted by atomic mass is 32.2. The van der Waals surface area contributed by atoms with Crippen molar-refractivity contribution in [2.24, 2.45) is 0 Å². The minimum Gasteiger partial charge on any atom is -0.490 e. The molecule has 160 valence electrons. The first kappa shape index (κ1) is 22.2. The SMILES string of the molecule is CSc1ccccc1NC(=O)CN(C)C(=O)CCc1cccc(OC2CCCC2)c1. The molecule has 0 saturated heterocycles. The maximum absolute atomic E-state index is 12.5. The Labute approximate surface area is 183 Å². The number of nitrogens with one attached hydrogen (secondary N) is 1. The molecule has 1 aliphatic rings. The van der Waals surface area contributed by atoms with Gasteiger partial charge in [0.1, 0.15) is 5.75 Å². The quantitative estimate of drug-likeness (QED) is 0.588. The number of anilines is 1. The molecule has 1 N–H and O–H groups in total. The smallest absolute Gasteiger partial charge is 0.244 e. The molecule has 2 amide bonds. The molecule has 5 nitrogen and oxygen atoms in total. The molecule has 1 saturated carbocycles. The van der Waals surface area contributed by atoms with Gasteiger partial charge in [0.2, 0.25) is 11.8 Å². The molecule has 2 aromatic carbocycles. The third kappa shape index (κ3) is 6.52. The lowest BCUT2D eigenvalue weighted by atomic mass is 10.1. The molecule has 6 heteroatoms. The highest BCUT2D eigenvalue weighted by Crippen LogP contribution is 2.25. The van der Waals surface area contributed by atoms with Crippen molar-refractivity contribution >= 4 is 29.3 Å². The Morgan fingerprint density at radius 1 is 1.13 bits per heavy atom. The average molecular weight is 427 g/mol. The van der Waals surface area contributed by atoms with Gasteiger partial charge >= 0.3 is 0 Å². The van der Waals surface area contributed by atoms with Crippen LogP contribution in [0.4, 0.5) is 5.69 Å². The van der Waals surface area contributed by atoms with E-state index in [0.29, 0.717) is 18.9 Å². The standard InChI is InChI=1S/C24H30N2O3S/c1-26(17-23(27)25-21-12-5-6-13-22(21)30-2)24(28)15-14-18-8-7-11-20(16-18)29-19-9-3-4-10-19/h5-8,11-13,16,19H,3-4,9-10,14-15,17H2,1-2H3,(H,25,27). The first-order chi connectivity index (χ1) is 14.5. The largest absolute Gasteiger partial charge is 0.490 e. The van der Waals surface area contributed by atoms with Gasteiger partial charge in [-0.2, -0.15) is 0 Å². The number of hydrogen-bond donors (Lipinski definition) is 1. The van der Waals surface area contributed by atoms with E-state index in [1.54, 1.807) is 18.8 Å². The Hall–Kier alpha value is -2.47. The number of carbonyl (C=O) groups is 2.